The highest BCUT2D eigenvalue weighted by Gasteiger charge is 2.17. The smallest absolute Gasteiger partial charge is 0.335 e. The molecule has 0 unspecified atom stereocenters. The van der Waals surface area contributed by atoms with Crippen molar-refractivity contribution in [1.29, 1.82) is 0 Å². The lowest BCUT2D eigenvalue weighted by molar-refractivity contribution is 0.0694. The lowest BCUT2D eigenvalue weighted by Gasteiger charge is -2.19. The average molecular weight is 216 g/mol. The minimum atomic E-state index is -0.960. The minimum Gasteiger partial charge on any atom is -0.478 e. The number of ether oxygens (including phenoxy) is 2. The maximum Gasteiger partial charge on any atom is 0.335 e. The van der Waals surface area contributed by atoms with Gasteiger partial charge in [0.2, 0.25) is 6.79 Å². The molecule has 0 radical (unpaired) electrons. The van der Waals surface area contributed by atoms with Gasteiger partial charge in [0.1, 0.15) is 11.5 Å². The Hall–Kier alpha value is -2.23. The van der Waals surface area contributed by atoms with Gasteiger partial charge in [-0.25, -0.2) is 4.79 Å². The number of carboxylic acid groups (broad SMARTS) is 1. The van der Waals surface area contributed by atoms with Gasteiger partial charge in [-0.2, -0.15) is 0 Å². The molecule has 3 rings (SSSR count). The van der Waals surface area contributed by atoms with Crippen LogP contribution in [0.15, 0.2) is 30.3 Å². The van der Waals surface area contributed by atoms with Gasteiger partial charge in [0.05, 0.1) is 10.9 Å². The van der Waals surface area contributed by atoms with Gasteiger partial charge >= 0.3 is 5.97 Å². The molecule has 2 aromatic rings. The topological polar surface area (TPSA) is 55.8 Å². The molecule has 0 saturated carbocycles. The predicted molar refractivity (Wildman–Crippen MR) is 57.0 cm³/mol. The average Bonchev–Trinajstić information content (AvgIpc) is 2.29. The van der Waals surface area contributed by atoms with Crippen LogP contribution >= 0.6 is 0 Å². The third kappa shape index (κ3) is 1.20. The fraction of sp³-hybridized carbons (Fsp3) is 0.0833. The standard InChI is InChI=1S/C12H8O4/c13-12(14)8-4-7-2-1-3-9-11(7)10(5-8)16-6-15-9/h1-5H,6H2,(H,13,14). The number of hydrogen-bond acceptors (Lipinski definition) is 3. The zero-order chi connectivity index (χ0) is 11.1. The molecular weight excluding hydrogens is 208 g/mol. The second-order valence-electron chi connectivity index (χ2n) is 3.54. The van der Waals surface area contributed by atoms with Gasteiger partial charge in [-0.15, -0.1) is 0 Å². The molecule has 4 heteroatoms. The van der Waals surface area contributed by atoms with Gasteiger partial charge in [-0.3, -0.25) is 0 Å². The second-order valence-corrected chi connectivity index (χ2v) is 3.54. The minimum absolute atomic E-state index is 0.120. The van der Waals surface area contributed by atoms with Crippen molar-refractivity contribution < 1.29 is 19.4 Å². The first-order chi connectivity index (χ1) is 7.75. The molecule has 0 atom stereocenters. The quantitative estimate of drug-likeness (QED) is 0.794. The Morgan fingerprint density at radius 1 is 1.19 bits per heavy atom. The van der Waals surface area contributed by atoms with Gasteiger partial charge in [-0.05, 0) is 23.6 Å². The van der Waals surface area contributed by atoms with Crippen molar-refractivity contribution >= 4 is 16.7 Å². The maximum atomic E-state index is 10.9. The number of aromatic carboxylic acids is 1. The van der Waals surface area contributed by atoms with Gasteiger partial charge in [0.15, 0.2) is 0 Å². The molecule has 0 bridgehead atoms. The van der Waals surface area contributed by atoms with Crippen LogP contribution in [0, 0.1) is 0 Å². The molecule has 0 fully saturated rings. The summed E-state index contributed by atoms with van der Waals surface area (Å²) in [6.07, 6.45) is 0. The van der Waals surface area contributed by atoms with Crippen LogP contribution in [0.25, 0.3) is 10.8 Å². The SMILES string of the molecule is O=C(O)c1cc2c3c(cccc3c1)OCO2. The van der Waals surface area contributed by atoms with Crippen LogP contribution in [0.1, 0.15) is 10.4 Å². The van der Waals surface area contributed by atoms with E-state index in [-0.39, 0.29) is 12.4 Å². The normalized spacial score (nSPS) is 13.0. The summed E-state index contributed by atoms with van der Waals surface area (Å²) in [6.45, 7) is 0.120. The van der Waals surface area contributed by atoms with E-state index in [9.17, 15) is 4.79 Å². The molecule has 80 valence electrons. The molecule has 4 nitrogen and oxygen atoms in total. The maximum absolute atomic E-state index is 10.9. The van der Waals surface area contributed by atoms with E-state index in [0.29, 0.717) is 5.75 Å². The number of hydrogen-bond donors (Lipinski definition) is 1. The summed E-state index contributed by atoms with van der Waals surface area (Å²) in [5.41, 5.74) is 0.224. The van der Waals surface area contributed by atoms with E-state index in [1.54, 1.807) is 6.07 Å². The highest BCUT2D eigenvalue weighted by atomic mass is 16.7. The van der Waals surface area contributed by atoms with Crippen LogP contribution in [-0.4, -0.2) is 17.9 Å². The zero-order valence-electron chi connectivity index (χ0n) is 8.27. The van der Waals surface area contributed by atoms with E-state index in [0.717, 1.165) is 16.5 Å². The van der Waals surface area contributed by atoms with Crippen LogP contribution in [0.5, 0.6) is 11.5 Å². The Morgan fingerprint density at radius 2 is 2.00 bits per heavy atom. The Kier molecular flexibility index (Phi) is 1.77. The first kappa shape index (κ1) is 9.03. The highest BCUT2D eigenvalue weighted by molar-refractivity contribution is 6.00. The first-order valence-electron chi connectivity index (χ1n) is 4.81. The van der Waals surface area contributed by atoms with Gasteiger partial charge in [0.25, 0.3) is 0 Å². The van der Waals surface area contributed by atoms with Crippen molar-refractivity contribution in [3.8, 4) is 11.5 Å². The number of carboxylic acids is 1. The van der Waals surface area contributed by atoms with E-state index >= 15 is 0 Å². The fourth-order valence-corrected chi connectivity index (χ4v) is 1.87. The predicted octanol–water partition coefficient (Wildman–Crippen LogP) is 2.27. The van der Waals surface area contributed by atoms with Crippen LogP contribution in [0.4, 0.5) is 0 Å². The van der Waals surface area contributed by atoms with Crippen molar-refractivity contribution in [2.75, 3.05) is 6.79 Å². The van der Waals surface area contributed by atoms with Crippen molar-refractivity contribution in [1.82, 2.24) is 0 Å². The van der Waals surface area contributed by atoms with E-state index in [2.05, 4.69) is 0 Å². The van der Waals surface area contributed by atoms with Gasteiger partial charge in [0, 0.05) is 0 Å². The summed E-state index contributed by atoms with van der Waals surface area (Å²) in [5.74, 6) is 0.339. The lowest BCUT2D eigenvalue weighted by Crippen LogP contribution is -2.11. The first-order valence-corrected chi connectivity index (χ1v) is 4.81. The lowest BCUT2D eigenvalue weighted by atomic mass is 10.0. The number of carbonyl (C=O) groups is 1. The summed E-state index contributed by atoms with van der Waals surface area (Å²) in [4.78, 5) is 10.9. The summed E-state index contributed by atoms with van der Waals surface area (Å²) >= 11 is 0. The van der Waals surface area contributed by atoms with Crippen molar-refractivity contribution in [3.63, 3.8) is 0 Å². The summed E-state index contributed by atoms with van der Waals surface area (Å²) in [6, 6.07) is 8.65. The Morgan fingerprint density at radius 3 is 2.81 bits per heavy atom. The van der Waals surface area contributed by atoms with E-state index < -0.39 is 5.97 Å². The molecule has 1 aliphatic heterocycles. The largest absolute Gasteiger partial charge is 0.478 e. The molecule has 0 amide bonds. The highest BCUT2D eigenvalue weighted by Crippen LogP contribution is 2.37. The molecule has 0 spiro atoms. The monoisotopic (exact) mass is 216 g/mol. The summed E-state index contributed by atoms with van der Waals surface area (Å²) in [7, 11) is 0. The van der Waals surface area contributed by atoms with Gasteiger partial charge < -0.3 is 14.6 Å². The van der Waals surface area contributed by atoms with Crippen LogP contribution in [-0.2, 0) is 0 Å². The molecule has 1 aliphatic rings. The summed E-state index contributed by atoms with van der Waals surface area (Å²) in [5, 5.41) is 10.6. The van der Waals surface area contributed by atoms with Crippen molar-refractivity contribution in [2.45, 2.75) is 0 Å². The molecule has 2 aromatic carbocycles. The fourth-order valence-electron chi connectivity index (χ4n) is 1.87. The molecule has 1 N–H and O–H groups in total. The van der Waals surface area contributed by atoms with Crippen LogP contribution in [0.3, 0.4) is 0 Å². The Balaban J connectivity index is 2.39. The van der Waals surface area contributed by atoms with E-state index in [1.165, 1.54) is 6.07 Å². The molecule has 1 heterocycles. The molecule has 0 aromatic heterocycles. The van der Waals surface area contributed by atoms with Crippen LogP contribution in [0.2, 0.25) is 0 Å². The molecule has 0 aliphatic carbocycles. The molecular formula is C12H8O4. The van der Waals surface area contributed by atoms with E-state index in [1.807, 2.05) is 18.2 Å². The van der Waals surface area contributed by atoms with Crippen LogP contribution < -0.4 is 9.47 Å². The summed E-state index contributed by atoms with van der Waals surface area (Å²) < 4.78 is 10.6. The second kappa shape index (κ2) is 3.13. The number of rotatable bonds is 1. The van der Waals surface area contributed by atoms with E-state index in [4.69, 9.17) is 14.6 Å². The molecule has 0 saturated heterocycles. The number of benzene rings is 2. The zero-order valence-corrected chi connectivity index (χ0v) is 8.27. The third-order valence-electron chi connectivity index (χ3n) is 2.58. The van der Waals surface area contributed by atoms with Gasteiger partial charge in [-0.1, -0.05) is 12.1 Å². The Labute approximate surface area is 91.0 Å². The Bertz CT molecular complexity index is 589. The molecule has 16 heavy (non-hydrogen) atoms. The third-order valence-corrected chi connectivity index (χ3v) is 2.58. The van der Waals surface area contributed by atoms with Crippen molar-refractivity contribution in [2.24, 2.45) is 0 Å². The van der Waals surface area contributed by atoms with Crippen molar-refractivity contribution in [3.05, 3.63) is 35.9 Å².